The van der Waals surface area contributed by atoms with Crippen molar-refractivity contribution in [2.45, 2.75) is 13.5 Å². The topological polar surface area (TPSA) is 74.3 Å². The van der Waals surface area contributed by atoms with E-state index in [1.807, 2.05) is 103 Å². The summed E-state index contributed by atoms with van der Waals surface area (Å²) in [4.78, 5) is 18.1. The van der Waals surface area contributed by atoms with E-state index in [9.17, 15) is 4.79 Å². The molecule has 0 saturated heterocycles. The Morgan fingerprint density at radius 2 is 1.50 bits per heavy atom. The average Bonchev–Trinajstić information content (AvgIpc) is 3.73. The van der Waals surface area contributed by atoms with Crippen molar-refractivity contribution in [1.82, 2.24) is 24.4 Å². The second-order valence-corrected chi connectivity index (χ2v) is 10.9. The normalized spacial score (nSPS) is 11.8. The van der Waals surface area contributed by atoms with Gasteiger partial charge in [-0.15, -0.1) is 5.10 Å². The molecule has 0 atom stereocenters. The van der Waals surface area contributed by atoms with Gasteiger partial charge in [0.05, 0.1) is 21.6 Å². The van der Waals surface area contributed by atoms with Crippen molar-refractivity contribution in [3.8, 4) is 34.0 Å². The number of benzene rings is 4. The lowest BCUT2D eigenvalue weighted by molar-refractivity contribution is 0.294. The molecule has 0 spiro atoms. The fourth-order valence-electron chi connectivity index (χ4n) is 4.80. The Balaban J connectivity index is 1.17. The Hall–Kier alpha value is -5.34. The van der Waals surface area contributed by atoms with Crippen LogP contribution in [-0.2, 0) is 6.61 Å². The Labute approximate surface area is 245 Å². The first-order valence-electron chi connectivity index (χ1n) is 13.5. The lowest BCUT2D eigenvalue weighted by atomic mass is 10.1. The van der Waals surface area contributed by atoms with Gasteiger partial charge >= 0.3 is 0 Å². The van der Waals surface area contributed by atoms with Crippen molar-refractivity contribution in [2.24, 2.45) is 0 Å². The van der Waals surface area contributed by atoms with Crippen molar-refractivity contribution in [2.75, 3.05) is 0 Å². The van der Waals surface area contributed by atoms with Crippen LogP contribution in [0.1, 0.15) is 17.0 Å². The zero-order valence-corrected chi connectivity index (χ0v) is 23.5. The Bertz CT molecular complexity index is 2110. The first-order valence-corrected chi connectivity index (χ1v) is 14.3. The van der Waals surface area contributed by atoms with Crippen LogP contribution in [0.25, 0.3) is 39.2 Å². The Morgan fingerprint density at radius 1 is 0.810 bits per heavy atom. The van der Waals surface area contributed by atoms with E-state index in [0.29, 0.717) is 15.3 Å². The van der Waals surface area contributed by atoms with Crippen LogP contribution in [0, 0.1) is 6.92 Å². The van der Waals surface area contributed by atoms with Gasteiger partial charge in [0.2, 0.25) is 4.96 Å². The van der Waals surface area contributed by atoms with Crippen LogP contribution in [0.3, 0.4) is 0 Å². The molecule has 0 amide bonds. The number of aryl methyl sites for hydroxylation is 1. The minimum atomic E-state index is -0.195. The van der Waals surface area contributed by atoms with E-state index in [2.05, 4.69) is 40.4 Å². The molecule has 0 N–H and O–H groups in total. The van der Waals surface area contributed by atoms with E-state index in [-0.39, 0.29) is 12.2 Å². The summed E-state index contributed by atoms with van der Waals surface area (Å²) in [6, 6.07) is 38.3. The molecule has 3 heterocycles. The summed E-state index contributed by atoms with van der Waals surface area (Å²) in [7, 11) is 0. The molecule has 204 valence electrons. The number of hydrogen-bond acceptors (Lipinski definition) is 6. The number of nitrogens with zero attached hydrogens (tertiary/aromatic N) is 5. The quantitative estimate of drug-likeness (QED) is 0.233. The third-order valence-corrected chi connectivity index (χ3v) is 7.92. The standard InChI is InChI=1S/C34H25N5O2S/c1-23-10-8-9-15-30(23)41-22-32-35-34-39(37-32)33(40)31(42-34)20-24-16-18-27(19-17-24)38-29(26-13-6-3-7-14-26)21-28(36-38)25-11-4-2-5-12-25/h2-21H,22H2,1H3. The predicted molar refractivity (Wildman–Crippen MR) is 166 cm³/mol. The molecule has 0 fully saturated rings. The molecule has 0 aliphatic carbocycles. The van der Waals surface area contributed by atoms with Gasteiger partial charge in [0.1, 0.15) is 12.4 Å². The van der Waals surface area contributed by atoms with Gasteiger partial charge in [0.15, 0.2) is 5.82 Å². The number of aromatic nitrogens is 5. The minimum Gasteiger partial charge on any atom is -0.485 e. The summed E-state index contributed by atoms with van der Waals surface area (Å²) >= 11 is 1.31. The molecule has 3 aromatic heterocycles. The van der Waals surface area contributed by atoms with Gasteiger partial charge in [-0.05, 0) is 48.4 Å². The highest BCUT2D eigenvalue weighted by atomic mass is 32.1. The van der Waals surface area contributed by atoms with E-state index in [1.165, 1.54) is 15.9 Å². The summed E-state index contributed by atoms with van der Waals surface area (Å²) < 4.78 is 9.73. The summed E-state index contributed by atoms with van der Waals surface area (Å²) in [5, 5.41) is 9.34. The third-order valence-electron chi connectivity index (χ3n) is 6.96. The second kappa shape index (κ2) is 10.9. The van der Waals surface area contributed by atoms with E-state index in [1.54, 1.807) is 0 Å². The first-order chi connectivity index (χ1) is 20.6. The minimum absolute atomic E-state index is 0.195. The summed E-state index contributed by atoms with van der Waals surface area (Å²) in [6.07, 6.45) is 1.87. The van der Waals surface area contributed by atoms with Crippen LogP contribution in [0.4, 0.5) is 0 Å². The fourth-order valence-corrected chi connectivity index (χ4v) is 5.73. The molecule has 7 nitrogen and oxygen atoms in total. The molecule has 0 unspecified atom stereocenters. The third kappa shape index (κ3) is 5.00. The van der Waals surface area contributed by atoms with E-state index < -0.39 is 0 Å². The first kappa shape index (κ1) is 25.6. The molecule has 7 rings (SSSR count). The summed E-state index contributed by atoms with van der Waals surface area (Å²) in [5.74, 6) is 1.25. The molecule has 4 aromatic carbocycles. The lowest BCUT2D eigenvalue weighted by Crippen LogP contribution is -2.23. The van der Waals surface area contributed by atoms with E-state index in [0.717, 1.165) is 45.1 Å². The van der Waals surface area contributed by atoms with Gasteiger partial charge < -0.3 is 4.74 Å². The van der Waals surface area contributed by atoms with Gasteiger partial charge in [-0.3, -0.25) is 4.79 Å². The highest BCUT2D eigenvalue weighted by molar-refractivity contribution is 7.15. The second-order valence-electron chi connectivity index (χ2n) is 9.84. The average molecular weight is 568 g/mol. The number of ether oxygens (including phenoxy) is 1. The maximum atomic E-state index is 13.1. The number of fused-ring (bicyclic) bond motifs is 1. The van der Waals surface area contributed by atoms with Gasteiger partial charge in [-0.1, -0.05) is 102 Å². The molecule has 0 aliphatic rings. The van der Waals surface area contributed by atoms with Crippen molar-refractivity contribution in [3.05, 3.63) is 147 Å². The van der Waals surface area contributed by atoms with Crippen LogP contribution in [0.15, 0.2) is 120 Å². The Kier molecular flexibility index (Phi) is 6.65. The van der Waals surface area contributed by atoms with Crippen molar-refractivity contribution in [1.29, 1.82) is 0 Å². The van der Waals surface area contributed by atoms with Crippen LogP contribution in [0.2, 0.25) is 0 Å². The Morgan fingerprint density at radius 3 is 2.21 bits per heavy atom. The molecular weight excluding hydrogens is 542 g/mol. The van der Waals surface area contributed by atoms with Crippen molar-refractivity contribution >= 4 is 22.4 Å². The van der Waals surface area contributed by atoms with Gasteiger partial charge in [0.25, 0.3) is 5.56 Å². The van der Waals surface area contributed by atoms with Crippen LogP contribution >= 0.6 is 11.3 Å². The molecule has 8 heteroatoms. The number of rotatable bonds is 7. The summed E-state index contributed by atoms with van der Waals surface area (Å²) in [5.41, 5.74) is 6.71. The SMILES string of the molecule is Cc1ccccc1OCc1nc2sc(=Cc3ccc(-n4nc(-c5ccccc5)cc4-c4ccccc4)cc3)c(=O)n2n1. The molecule has 0 aliphatic heterocycles. The molecule has 0 bridgehead atoms. The molecule has 7 aromatic rings. The maximum absolute atomic E-state index is 13.1. The van der Waals surface area contributed by atoms with Gasteiger partial charge in [-0.25, -0.2) is 4.68 Å². The number of hydrogen-bond donors (Lipinski definition) is 0. The van der Waals surface area contributed by atoms with Crippen LogP contribution in [-0.4, -0.2) is 24.4 Å². The zero-order valence-electron chi connectivity index (χ0n) is 22.7. The van der Waals surface area contributed by atoms with Crippen LogP contribution < -0.4 is 14.8 Å². The van der Waals surface area contributed by atoms with Crippen molar-refractivity contribution in [3.63, 3.8) is 0 Å². The maximum Gasteiger partial charge on any atom is 0.291 e. The number of para-hydroxylation sites is 1. The molecule has 0 saturated carbocycles. The van der Waals surface area contributed by atoms with E-state index in [4.69, 9.17) is 9.84 Å². The number of thiazole rings is 1. The highest BCUT2D eigenvalue weighted by Gasteiger charge is 2.14. The smallest absolute Gasteiger partial charge is 0.291 e. The van der Waals surface area contributed by atoms with Gasteiger partial charge in [-0.2, -0.15) is 14.6 Å². The molecule has 42 heavy (non-hydrogen) atoms. The highest BCUT2D eigenvalue weighted by Crippen LogP contribution is 2.29. The van der Waals surface area contributed by atoms with Crippen LogP contribution in [0.5, 0.6) is 5.75 Å². The van der Waals surface area contributed by atoms with E-state index >= 15 is 0 Å². The summed E-state index contributed by atoms with van der Waals surface area (Å²) in [6.45, 7) is 2.18. The zero-order chi connectivity index (χ0) is 28.5. The van der Waals surface area contributed by atoms with Gasteiger partial charge in [0, 0.05) is 11.1 Å². The monoisotopic (exact) mass is 567 g/mol. The van der Waals surface area contributed by atoms with Crippen molar-refractivity contribution < 1.29 is 4.74 Å². The fraction of sp³-hybridized carbons (Fsp3) is 0.0588. The largest absolute Gasteiger partial charge is 0.485 e. The molecule has 0 radical (unpaired) electrons. The predicted octanol–water partition coefficient (Wildman–Crippen LogP) is 6.11. The lowest BCUT2D eigenvalue weighted by Gasteiger charge is -2.08. The molecular formula is C34H25N5O2S.